The van der Waals surface area contributed by atoms with Gasteiger partial charge < -0.3 is 5.73 Å². The van der Waals surface area contributed by atoms with Crippen molar-refractivity contribution in [2.45, 2.75) is 25.8 Å². The topological polar surface area (TPSA) is 38.9 Å². The van der Waals surface area contributed by atoms with Gasteiger partial charge in [0.15, 0.2) is 0 Å². The largest absolute Gasteiger partial charge is 0.323 e. The number of aromatic nitrogens is 1. The zero-order chi connectivity index (χ0) is 14.8. The molecule has 21 heavy (non-hydrogen) atoms. The Bertz CT molecular complexity index is 749. The van der Waals surface area contributed by atoms with Gasteiger partial charge in [-0.15, -0.1) is 11.3 Å². The van der Waals surface area contributed by atoms with E-state index in [1.54, 1.807) is 23.5 Å². The van der Waals surface area contributed by atoms with E-state index in [2.05, 4.69) is 18.0 Å². The van der Waals surface area contributed by atoms with Crippen LogP contribution in [0.4, 0.5) is 4.39 Å². The van der Waals surface area contributed by atoms with Gasteiger partial charge in [-0.25, -0.2) is 4.39 Å². The lowest BCUT2D eigenvalue weighted by Gasteiger charge is -2.09. The first-order valence-corrected chi connectivity index (χ1v) is 7.85. The van der Waals surface area contributed by atoms with Crippen molar-refractivity contribution in [1.82, 2.24) is 4.98 Å². The molecule has 0 saturated heterocycles. The minimum absolute atomic E-state index is 0.106. The van der Waals surface area contributed by atoms with Crippen LogP contribution in [0.1, 0.15) is 29.1 Å². The Labute approximate surface area is 127 Å². The third-order valence-electron chi connectivity index (χ3n) is 3.59. The van der Waals surface area contributed by atoms with E-state index in [9.17, 15) is 4.39 Å². The van der Waals surface area contributed by atoms with Crippen molar-refractivity contribution < 1.29 is 4.39 Å². The fraction of sp³-hybridized carbons (Fsp3) is 0.235. The Morgan fingerprint density at radius 2 is 2.10 bits per heavy atom. The maximum atomic E-state index is 13.2. The van der Waals surface area contributed by atoms with E-state index in [-0.39, 0.29) is 11.9 Å². The summed E-state index contributed by atoms with van der Waals surface area (Å²) in [6.07, 6.45) is 3.59. The number of nitrogens with two attached hydrogens (primary N) is 1. The van der Waals surface area contributed by atoms with Gasteiger partial charge in [-0.3, -0.25) is 4.98 Å². The Morgan fingerprint density at radius 1 is 1.24 bits per heavy atom. The van der Waals surface area contributed by atoms with Crippen LogP contribution in [0.5, 0.6) is 0 Å². The van der Waals surface area contributed by atoms with Crippen molar-refractivity contribution in [2.75, 3.05) is 0 Å². The number of aryl methyl sites for hydroxylation is 1. The van der Waals surface area contributed by atoms with Crippen LogP contribution in [0.25, 0.3) is 10.1 Å². The molecule has 0 aliphatic rings. The quantitative estimate of drug-likeness (QED) is 0.782. The maximum absolute atomic E-state index is 13.2. The summed E-state index contributed by atoms with van der Waals surface area (Å²) in [5.74, 6) is -0.211. The fourth-order valence-electron chi connectivity index (χ4n) is 2.33. The molecule has 2 nitrogen and oxygen atoms in total. The highest BCUT2D eigenvalue weighted by atomic mass is 32.1. The highest BCUT2D eigenvalue weighted by molar-refractivity contribution is 7.19. The van der Waals surface area contributed by atoms with Gasteiger partial charge in [0.1, 0.15) is 5.82 Å². The summed E-state index contributed by atoms with van der Waals surface area (Å²) in [5, 5.41) is 0.916. The number of benzene rings is 1. The second-order valence-corrected chi connectivity index (χ2v) is 6.27. The second kappa shape index (κ2) is 5.92. The minimum Gasteiger partial charge on any atom is -0.323 e. The molecule has 108 valence electrons. The number of pyridine rings is 1. The number of rotatable bonds is 4. The van der Waals surface area contributed by atoms with Crippen molar-refractivity contribution in [3.8, 4) is 0 Å². The van der Waals surface area contributed by atoms with Gasteiger partial charge in [0, 0.05) is 33.9 Å². The Morgan fingerprint density at radius 3 is 2.81 bits per heavy atom. The molecule has 4 heteroatoms. The molecule has 0 radical (unpaired) electrons. The fourth-order valence-corrected chi connectivity index (χ4v) is 3.37. The predicted molar refractivity (Wildman–Crippen MR) is 86.0 cm³/mol. The van der Waals surface area contributed by atoms with Crippen LogP contribution in [-0.4, -0.2) is 4.98 Å². The molecule has 0 amide bonds. The molecule has 3 aromatic rings. The third kappa shape index (κ3) is 3.12. The summed E-state index contributed by atoms with van der Waals surface area (Å²) in [4.78, 5) is 5.51. The van der Waals surface area contributed by atoms with Gasteiger partial charge in [-0.05, 0) is 47.7 Å². The number of hydrogen-bond acceptors (Lipinski definition) is 3. The number of nitrogens with zero attached hydrogens (tertiary/aromatic N) is 1. The van der Waals surface area contributed by atoms with Crippen molar-refractivity contribution in [2.24, 2.45) is 5.73 Å². The minimum atomic E-state index is -0.211. The Hall–Kier alpha value is -1.78. The van der Waals surface area contributed by atoms with E-state index >= 15 is 0 Å². The first-order valence-electron chi connectivity index (χ1n) is 7.04. The van der Waals surface area contributed by atoms with Gasteiger partial charge in [0.2, 0.25) is 0 Å². The molecular formula is C17H17FN2S. The number of thiophene rings is 1. The zero-order valence-corrected chi connectivity index (χ0v) is 12.7. The summed E-state index contributed by atoms with van der Waals surface area (Å²) >= 11 is 1.62. The molecular weight excluding hydrogens is 283 g/mol. The third-order valence-corrected chi connectivity index (χ3v) is 4.83. The van der Waals surface area contributed by atoms with Crippen molar-refractivity contribution in [1.29, 1.82) is 0 Å². The van der Waals surface area contributed by atoms with Crippen LogP contribution in [0.2, 0.25) is 0 Å². The molecule has 0 aliphatic carbocycles. The van der Waals surface area contributed by atoms with E-state index in [1.807, 2.05) is 18.3 Å². The highest BCUT2D eigenvalue weighted by Crippen LogP contribution is 2.30. The number of halogens is 1. The maximum Gasteiger partial charge on any atom is 0.123 e. The lowest BCUT2D eigenvalue weighted by molar-refractivity contribution is 0.630. The lowest BCUT2D eigenvalue weighted by atomic mass is 10.1. The van der Waals surface area contributed by atoms with Crippen LogP contribution in [0.15, 0.2) is 42.6 Å². The Balaban J connectivity index is 1.80. The van der Waals surface area contributed by atoms with Gasteiger partial charge >= 0.3 is 0 Å². The van der Waals surface area contributed by atoms with E-state index in [4.69, 9.17) is 5.73 Å². The molecule has 0 bridgehead atoms. The van der Waals surface area contributed by atoms with Crippen LogP contribution in [0, 0.1) is 5.82 Å². The van der Waals surface area contributed by atoms with Crippen LogP contribution in [0.3, 0.4) is 0 Å². The molecule has 1 unspecified atom stereocenters. The predicted octanol–water partition coefficient (Wildman–Crippen LogP) is 4.24. The molecule has 2 heterocycles. The molecule has 2 N–H and O–H groups in total. The van der Waals surface area contributed by atoms with Gasteiger partial charge in [-0.2, -0.15) is 0 Å². The van der Waals surface area contributed by atoms with Crippen molar-refractivity contribution >= 4 is 21.4 Å². The smallest absolute Gasteiger partial charge is 0.123 e. The summed E-state index contributed by atoms with van der Waals surface area (Å²) in [5.41, 5.74) is 8.49. The van der Waals surface area contributed by atoms with Gasteiger partial charge in [-0.1, -0.05) is 13.0 Å². The molecule has 0 fully saturated rings. The molecule has 0 aliphatic heterocycles. The van der Waals surface area contributed by atoms with Crippen molar-refractivity contribution in [3.05, 3.63) is 64.5 Å². The van der Waals surface area contributed by atoms with Gasteiger partial charge in [0.25, 0.3) is 0 Å². The van der Waals surface area contributed by atoms with Crippen LogP contribution >= 0.6 is 11.3 Å². The van der Waals surface area contributed by atoms with Crippen molar-refractivity contribution in [3.63, 3.8) is 0 Å². The molecule has 0 spiro atoms. The van der Waals surface area contributed by atoms with Gasteiger partial charge in [0.05, 0.1) is 0 Å². The Kier molecular flexibility index (Phi) is 3.99. The molecule has 1 aromatic carbocycles. The SMILES string of the molecule is CCc1ccc(CC(N)c2cc3cc(F)ccc3s2)nc1. The van der Waals surface area contributed by atoms with Crippen LogP contribution < -0.4 is 5.73 Å². The summed E-state index contributed by atoms with van der Waals surface area (Å²) in [6, 6.07) is 10.8. The normalized spacial score (nSPS) is 12.7. The van der Waals surface area contributed by atoms with E-state index in [0.717, 1.165) is 27.1 Å². The standard InChI is InChI=1S/C17H17FN2S/c1-2-11-3-5-14(20-10-11)9-15(19)17-8-12-7-13(18)4-6-16(12)21-17/h3-8,10,15H,2,9,19H2,1H3. The van der Waals surface area contributed by atoms with E-state index < -0.39 is 0 Å². The molecule has 2 aromatic heterocycles. The van der Waals surface area contributed by atoms with E-state index in [0.29, 0.717) is 6.42 Å². The van der Waals surface area contributed by atoms with E-state index in [1.165, 1.54) is 11.6 Å². The summed E-state index contributed by atoms with van der Waals surface area (Å²) in [7, 11) is 0. The molecule has 1 atom stereocenters. The summed E-state index contributed by atoms with van der Waals surface area (Å²) < 4.78 is 14.3. The monoisotopic (exact) mass is 300 g/mol. The lowest BCUT2D eigenvalue weighted by Crippen LogP contribution is -2.12. The first-order chi connectivity index (χ1) is 10.2. The number of hydrogen-bond donors (Lipinski definition) is 1. The highest BCUT2D eigenvalue weighted by Gasteiger charge is 2.12. The zero-order valence-electron chi connectivity index (χ0n) is 11.8. The molecule has 0 saturated carbocycles. The molecule has 3 rings (SSSR count). The first kappa shape index (κ1) is 14.2. The average molecular weight is 300 g/mol. The van der Waals surface area contributed by atoms with Crippen LogP contribution in [-0.2, 0) is 12.8 Å². The number of fused-ring (bicyclic) bond motifs is 1. The summed E-state index contributed by atoms with van der Waals surface area (Å²) in [6.45, 7) is 2.11. The average Bonchev–Trinajstić information content (AvgIpc) is 2.91. The second-order valence-electron chi connectivity index (χ2n) is 5.15.